The lowest BCUT2D eigenvalue weighted by molar-refractivity contribution is -0.288. The van der Waals surface area contributed by atoms with Gasteiger partial charge in [-0.1, -0.05) is 12.1 Å². The number of amides is 4. The second-order valence-electron chi connectivity index (χ2n) is 7.84. The Kier molecular flexibility index (Phi) is 5.65. The first kappa shape index (κ1) is 25.5. The van der Waals surface area contributed by atoms with Crippen molar-refractivity contribution in [2.75, 3.05) is 9.80 Å². The molecule has 192 valence electrons. The Hall–Kier alpha value is -4.62. The Morgan fingerprint density at radius 2 is 0.838 bits per heavy atom. The van der Waals surface area contributed by atoms with Crippen molar-refractivity contribution in [1.82, 2.24) is 0 Å². The van der Waals surface area contributed by atoms with Crippen molar-refractivity contribution in [3.8, 4) is 11.5 Å². The van der Waals surface area contributed by atoms with Gasteiger partial charge in [-0.2, -0.15) is 26.3 Å². The van der Waals surface area contributed by atoms with E-state index in [-0.39, 0.29) is 21.9 Å². The second kappa shape index (κ2) is 8.21. The smallest absolute Gasteiger partial charge is 0.411 e. The summed E-state index contributed by atoms with van der Waals surface area (Å²) >= 11 is 0. The fraction of sp³-hybridized carbons (Fsp3) is 0.130. The van der Waals surface area contributed by atoms with Crippen LogP contribution in [0.2, 0.25) is 0 Å². The highest BCUT2D eigenvalue weighted by Crippen LogP contribution is 2.58. The Morgan fingerprint density at radius 1 is 0.541 bits per heavy atom. The second-order valence-corrected chi connectivity index (χ2v) is 7.84. The fourth-order valence-corrected chi connectivity index (χ4v) is 4.13. The molecule has 0 spiro atoms. The van der Waals surface area contributed by atoms with E-state index in [9.17, 15) is 55.7 Å². The van der Waals surface area contributed by atoms with Crippen LogP contribution in [0.15, 0.2) is 60.7 Å². The molecule has 2 aromatic rings. The third-order valence-corrected chi connectivity index (χ3v) is 5.77. The van der Waals surface area contributed by atoms with Gasteiger partial charge in [0.15, 0.2) is 0 Å². The first-order valence-electron chi connectivity index (χ1n) is 10.0. The number of imide groups is 2. The first-order chi connectivity index (χ1) is 17.1. The number of anilines is 2. The average Bonchev–Trinajstić information content (AvgIpc) is 3.29. The molecular weight excluding hydrogens is 514 g/mol. The van der Waals surface area contributed by atoms with Crippen molar-refractivity contribution in [2.24, 2.45) is 0 Å². The van der Waals surface area contributed by atoms with Gasteiger partial charge in [0.1, 0.15) is 11.5 Å². The zero-order chi connectivity index (χ0) is 27.5. The summed E-state index contributed by atoms with van der Waals surface area (Å²) in [5, 5.41) is 20.2. The van der Waals surface area contributed by atoms with Crippen molar-refractivity contribution in [2.45, 2.75) is 17.8 Å². The van der Waals surface area contributed by atoms with Gasteiger partial charge in [0.2, 0.25) is 5.41 Å². The van der Waals surface area contributed by atoms with Gasteiger partial charge < -0.3 is 10.2 Å². The molecule has 0 saturated heterocycles. The Bertz CT molecular complexity index is 1280. The highest BCUT2D eigenvalue weighted by molar-refractivity contribution is 6.29. The molecule has 4 rings (SSSR count). The van der Waals surface area contributed by atoms with Crippen LogP contribution in [0.1, 0.15) is 11.1 Å². The SMILES string of the molecule is O=C1C=CC(=O)N1c1cc(C(c2ccc(O)c(N3C(=O)C=CC3=O)c2)(C(F)(F)F)C(F)(F)F)ccc1O. The number of carbonyl (C=O) groups excluding carboxylic acids is 4. The standard InChI is InChI=1S/C23H12F6N2O6/c24-22(25,26)21(23(27,28)29,11-1-3-15(32)13(9-11)30-17(34)5-6-18(30)35)12-2-4-16(33)14(10-12)31-19(36)7-8-20(31)37/h1-10,32-33H. The summed E-state index contributed by atoms with van der Waals surface area (Å²) in [7, 11) is 0. The van der Waals surface area contributed by atoms with Gasteiger partial charge in [-0.15, -0.1) is 0 Å². The molecule has 0 unspecified atom stereocenters. The highest BCUT2D eigenvalue weighted by Gasteiger charge is 2.72. The van der Waals surface area contributed by atoms with Crippen LogP contribution in [0, 0.1) is 0 Å². The molecule has 2 heterocycles. The molecule has 2 N–H and O–H groups in total. The number of phenols is 2. The van der Waals surface area contributed by atoms with Gasteiger partial charge in [-0.25, -0.2) is 9.80 Å². The van der Waals surface area contributed by atoms with E-state index in [0.717, 1.165) is 0 Å². The topological polar surface area (TPSA) is 115 Å². The Labute approximate surface area is 202 Å². The molecule has 0 bridgehead atoms. The predicted molar refractivity (Wildman–Crippen MR) is 112 cm³/mol. The molecule has 0 atom stereocenters. The maximum absolute atomic E-state index is 14.6. The maximum atomic E-state index is 14.6. The lowest BCUT2D eigenvalue weighted by atomic mass is 9.72. The average molecular weight is 526 g/mol. The van der Waals surface area contributed by atoms with Crippen molar-refractivity contribution < 1.29 is 55.7 Å². The number of nitrogens with zero attached hydrogens (tertiary/aromatic N) is 2. The quantitative estimate of drug-likeness (QED) is 0.467. The molecule has 4 amide bonds. The van der Waals surface area contributed by atoms with E-state index in [1.807, 2.05) is 0 Å². The van der Waals surface area contributed by atoms with E-state index >= 15 is 0 Å². The van der Waals surface area contributed by atoms with Crippen LogP contribution in [0.4, 0.5) is 37.7 Å². The lowest BCUT2D eigenvalue weighted by Crippen LogP contribution is -2.55. The van der Waals surface area contributed by atoms with Crippen LogP contribution in [-0.2, 0) is 24.6 Å². The number of alkyl halides is 6. The van der Waals surface area contributed by atoms with Crippen molar-refractivity contribution in [3.63, 3.8) is 0 Å². The molecule has 0 fully saturated rings. The van der Waals surface area contributed by atoms with Crippen LogP contribution >= 0.6 is 0 Å². The van der Waals surface area contributed by atoms with Crippen LogP contribution in [0.25, 0.3) is 0 Å². The van der Waals surface area contributed by atoms with E-state index in [1.54, 1.807) is 0 Å². The van der Waals surface area contributed by atoms with E-state index in [4.69, 9.17) is 0 Å². The van der Waals surface area contributed by atoms with Gasteiger partial charge in [-0.3, -0.25) is 19.2 Å². The summed E-state index contributed by atoms with van der Waals surface area (Å²) in [6.07, 6.45) is -9.47. The van der Waals surface area contributed by atoms with Crippen LogP contribution in [-0.4, -0.2) is 46.2 Å². The highest BCUT2D eigenvalue weighted by atomic mass is 19.4. The monoisotopic (exact) mass is 526 g/mol. The number of rotatable bonds is 4. The zero-order valence-electron chi connectivity index (χ0n) is 18.0. The molecule has 2 aliphatic heterocycles. The number of benzene rings is 2. The van der Waals surface area contributed by atoms with Crippen molar-refractivity contribution >= 4 is 35.0 Å². The predicted octanol–water partition coefficient (Wildman–Crippen LogP) is 3.37. The van der Waals surface area contributed by atoms with Gasteiger partial charge in [0.25, 0.3) is 23.6 Å². The number of halogens is 6. The van der Waals surface area contributed by atoms with Crippen LogP contribution in [0.5, 0.6) is 11.5 Å². The minimum atomic E-state index is -6.15. The molecule has 2 aromatic carbocycles. The molecule has 14 heteroatoms. The van der Waals surface area contributed by atoms with E-state index in [0.29, 0.717) is 48.6 Å². The molecular formula is C23H12F6N2O6. The summed E-state index contributed by atoms with van der Waals surface area (Å²) in [6.45, 7) is 0. The van der Waals surface area contributed by atoms with Gasteiger partial charge in [-0.05, 0) is 35.4 Å². The van der Waals surface area contributed by atoms with E-state index in [1.165, 1.54) is 0 Å². The molecule has 37 heavy (non-hydrogen) atoms. The summed E-state index contributed by atoms with van der Waals surface area (Å²) in [5.41, 5.74) is -9.86. The van der Waals surface area contributed by atoms with E-state index < -0.39 is 75.4 Å². The molecule has 0 aromatic heterocycles. The molecule has 0 saturated carbocycles. The maximum Gasteiger partial charge on any atom is 0.411 e. The van der Waals surface area contributed by atoms with Gasteiger partial charge in [0.05, 0.1) is 11.4 Å². The molecule has 0 aliphatic carbocycles. The normalized spacial score (nSPS) is 16.5. The largest absolute Gasteiger partial charge is 0.506 e. The van der Waals surface area contributed by atoms with Crippen LogP contribution in [0.3, 0.4) is 0 Å². The van der Waals surface area contributed by atoms with Crippen LogP contribution < -0.4 is 9.80 Å². The van der Waals surface area contributed by atoms with Gasteiger partial charge in [0, 0.05) is 24.3 Å². The number of phenolic OH excluding ortho intramolecular Hbond substituents is 2. The summed E-state index contributed by atoms with van der Waals surface area (Å²) in [6, 6.07) is 1.90. The number of aromatic hydroxyl groups is 2. The molecule has 0 radical (unpaired) electrons. The summed E-state index contributed by atoms with van der Waals surface area (Å²) in [4.78, 5) is 48.4. The number of hydrogen-bond donors (Lipinski definition) is 2. The number of carbonyl (C=O) groups is 4. The minimum absolute atomic E-state index is 0.186. The summed E-state index contributed by atoms with van der Waals surface area (Å²) < 4.78 is 87.6. The Balaban J connectivity index is 2.03. The fourth-order valence-electron chi connectivity index (χ4n) is 4.13. The van der Waals surface area contributed by atoms with Gasteiger partial charge >= 0.3 is 12.4 Å². The Morgan fingerprint density at radius 3 is 1.11 bits per heavy atom. The first-order valence-corrected chi connectivity index (χ1v) is 10.0. The molecule has 2 aliphatic rings. The summed E-state index contributed by atoms with van der Waals surface area (Å²) in [5.74, 6) is -6.39. The number of hydrogen-bond acceptors (Lipinski definition) is 6. The van der Waals surface area contributed by atoms with Crippen molar-refractivity contribution in [1.29, 1.82) is 0 Å². The third-order valence-electron chi connectivity index (χ3n) is 5.77. The lowest BCUT2D eigenvalue weighted by Gasteiger charge is -2.39. The minimum Gasteiger partial charge on any atom is -0.506 e. The molecule has 8 nitrogen and oxygen atoms in total. The van der Waals surface area contributed by atoms with Crippen molar-refractivity contribution in [3.05, 3.63) is 71.8 Å². The zero-order valence-corrected chi connectivity index (χ0v) is 18.0. The van der Waals surface area contributed by atoms with E-state index in [2.05, 4.69) is 0 Å². The third kappa shape index (κ3) is 3.72.